The SMILES string of the molecule is O=C(O)C1COCCN1C(=O)c1cc([N+](=O)[O-])c2nsnc2c1. The molecular weight excluding hydrogens is 328 g/mol. The van der Waals surface area contributed by atoms with E-state index in [9.17, 15) is 24.8 Å². The first-order valence-corrected chi connectivity index (χ1v) is 7.24. The van der Waals surface area contributed by atoms with Crippen LogP contribution in [0.1, 0.15) is 10.4 Å². The molecule has 1 atom stereocenters. The molecule has 1 aromatic carbocycles. The monoisotopic (exact) mass is 338 g/mol. The Labute approximate surface area is 132 Å². The third kappa shape index (κ3) is 2.71. The van der Waals surface area contributed by atoms with Gasteiger partial charge in [-0.3, -0.25) is 14.9 Å². The minimum Gasteiger partial charge on any atom is -0.480 e. The topological polar surface area (TPSA) is 136 Å². The van der Waals surface area contributed by atoms with Crippen LogP contribution in [0.15, 0.2) is 12.1 Å². The fourth-order valence-electron chi connectivity index (χ4n) is 2.35. The quantitative estimate of drug-likeness (QED) is 0.632. The Morgan fingerprint density at radius 1 is 1.43 bits per heavy atom. The normalized spacial score (nSPS) is 18.1. The average Bonchev–Trinajstić information content (AvgIpc) is 3.01. The van der Waals surface area contributed by atoms with Gasteiger partial charge in [-0.05, 0) is 6.07 Å². The van der Waals surface area contributed by atoms with Crippen molar-refractivity contribution in [1.82, 2.24) is 13.6 Å². The van der Waals surface area contributed by atoms with E-state index in [1.165, 1.54) is 6.07 Å². The molecule has 1 aliphatic rings. The lowest BCUT2D eigenvalue weighted by atomic mass is 10.1. The number of carboxylic acids is 1. The molecule has 1 fully saturated rings. The Morgan fingerprint density at radius 2 is 2.22 bits per heavy atom. The summed E-state index contributed by atoms with van der Waals surface area (Å²) in [5, 5.41) is 20.3. The number of carbonyl (C=O) groups excluding carboxylic acids is 1. The maximum Gasteiger partial charge on any atom is 0.328 e. The summed E-state index contributed by atoms with van der Waals surface area (Å²) in [6.45, 7) is 0.179. The van der Waals surface area contributed by atoms with Crippen molar-refractivity contribution in [2.24, 2.45) is 0 Å². The zero-order valence-electron chi connectivity index (χ0n) is 11.5. The van der Waals surface area contributed by atoms with Gasteiger partial charge >= 0.3 is 5.97 Å². The van der Waals surface area contributed by atoms with Gasteiger partial charge in [-0.15, -0.1) is 0 Å². The highest BCUT2D eigenvalue weighted by molar-refractivity contribution is 7.00. The molecule has 1 amide bonds. The van der Waals surface area contributed by atoms with E-state index in [0.29, 0.717) is 0 Å². The number of nitro benzene ring substituents is 1. The molecule has 3 rings (SSSR count). The number of aliphatic carboxylic acids is 1. The molecule has 0 spiro atoms. The number of carboxylic acid groups (broad SMARTS) is 1. The molecule has 1 unspecified atom stereocenters. The van der Waals surface area contributed by atoms with Gasteiger partial charge in [-0.1, -0.05) is 0 Å². The summed E-state index contributed by atoms with van der Waals surface area (Å²) < 4.78 is 12.8. The smallest absolute Gasteiger partial charge is 0.328 e. The highest BCUT2D eigenvalue weighted by Crippen LogP contribution is 2.27. The molecule has 0 bridgehead atoms. The van der Waals surface area contributed by atoms with Crippen LogP contribution in [0.25, 0.3) is 11.0 Å². The summed E-state index contributed by atoms with van der Waals surface area (Å²) in [5.74, 6) is -1.80. The second kappa shape index (κ2) is 5.85. The second-order valence-electron chi connectivity index (χ2n) is 4.81. The highest BCUT2D eigenvalue weighted by atomic mass is 32.1. The van der Waals surface area contributed by atoms with Crippen molar-refractivity contribution in [3.8, 4) is 0 Å². The molecule has 2 aromatic rings. The van der Waals surface area contributed by atoms with Crippen LogP contribution >= 0.6 is 11.7 Å². The van der Waals surface area contributed by atoms with E-state index in [4.69, 9.17) is 4.74 Å². The molecule has 23 heavy (non-hydrogen) atoms. The number of nitro groups is 1. The van der Waals surface area contributed by atoms with Crippen LogP contribution in [0, 0.1) is 10.1 Å². The van der Waals surface area contributed by atoms with Crippen LogP contribution in [0.3, 0.4) is 0 Å². The van der Waals surface area contributed by atoms with Crippen molar-refractivity contribution >= 4 is 40.3 Å². The fourth-order valence-corrected chi connectivity index (χ4v) is 2.89. The molecular formula is C12H10N4O6S. The van der Waals surface area contributed by atoms with Gasteiger partial charge in [0.25, 0.3) is 11.6 Å². The van der Waals surface area contributed by atoms with Crippen molar-refractivity contribution in [3.05, 3.63) is 27.8 Å². The van der Waals surface area contributed by atoms with Gasteiger partial charge in [0.15, 0.2) is 11.6 Å². The molecule has 1 aromatic heterocycles. The standard InChI is InChI=1S/C12H10N4O6S/c17-11(15-1-2-22-5-9(15)12(18)19)6-3-7-10(14-23-13-7)8(4-6)16(20)21/h3-4,9H,1-2,5H2,(H,18,19). The van der Waals surface area contributed by atoms with Crippen LogP contribution in [-0.2, 0) is 9.53 Å². The molecule has 1 aliphatic heterocycles. The summed E-state index contributed by atoms with van der Waals surface area (Å²) in [6.07, 6.45) is 0. The number of carbonyl (C=O) groups is 2. The zero-order valence-corrected chi connectivity index (χ0v) is 12.4. The molecule has 0 aliphatic carbocycles. The van der Waals surface area contributed by atoms with Gasteiger partial charge < -0.3 is 14.7 Å². The van der Waals surface area contributed by atoms with E-state index in [1.54, 1.807) is 0 Å². The second-order valence-corrected chi connectivity index (χ2v) is 5.34. The zero-order chi connectivity index (χ0) is 16.6. The Bertz CT molecular complexity index is 806. The van der Waals surface area contributed by atoms with E-state index in [0.717, 1.165) is 22.7 Å². The van der Waals surface area contributed by atoms with Crippen molar-refractivity contribution < 1.29 is 24.4 Å². The number of aromatic nitrogens is 2. The van der Waals surface area contributed by atoms with Crippen LogP contribution < -0.4 is 0 Å². The molecule has 1 N–H and O–H groups in total. The number of hydrogen-bond donors (Lipinski definition) is 1. The molecule has 11 heteroatoms. The van der Waals surface area contributed by atoms with Gasteiger partial charge in [0, 0.05) is 18.2 Å². The van der Waals surface area contributed by atoms with Crippen molar-refractivity contribution in [1.29, 1.82) is 0 Å². The maximum atomic E-state index is 12.6. The Balaban J connectivity index is 2.03. The Kier molecular flexibility index (Phi) is 3.88. The minimum absolute atomic E-state index is 0.00468. The minimum atomic E-state index is -1.19. The predicted molar refractivity (Wildman–Crippen MR) is 77.3 cm³/mol. The number of hydrogen-bond acceptors (Lipinski definition) is 8. The van der Waals surface area contributed by atoms with E-state index in [1.807, 2.05) is 0 Å². The molecule has 1 saturated heterocycles. The van der Waals surface area contributed by atoms with Crippen LogP contribution in [-0.4, -0.2) is 61.4 Å². The number of benzene rings is 1. The van der Waals surface area contributed by atoms with E-state index >= 15 is 0 Å². The van der Waals surface area contributed by atoms with Crippen molar-refractivity contribution in [2.45, 2.75) is 6.04 Å². The number of ether oxygens (including phenoxy) is 1. The highest BCUT2D eigenvalue weighted by Gasteiger charge is 2.34. The third-order valence-corrected chi connectivity index (χ3v) is 4.00. The maximum absolute atomic E-state index is 12.6. The molecule has 120 valence electrons. The van der Waals surface area contributed by atoms with Crippen LogP contribution in [0.2, 0.25) is 0 Å². The summed E-state index contributed by atoms with van der Waals surface area (Å²) in [7, 11) is 0. The van der Waals surface area contributed by atoms with Gasteiger partial charge in [-0.2, -0.15) is 8.75 Å². The summed E-state index contributed by atoms with van der Waals surface area (Å²) in [6, 6.07) is 1.35. The van der Waals surface area contributed by atoms with Gasteiger partial charge in [0.05, 0.1) is 29.9 Å². The lowest BCUT2D eigenvalue weighted by Crippen LogP contribution is -2.52. The van der Waals surface area contributed by atoms with Gasteiger partial charge in [0.1, 0.15) is 5.52 Å². The summed E-state index contributed by atoms with van der Waals surface area (Å²) >= 11 is 0.802. The number of non-ortho nitro benzene ring substituents is 1. The van der Waals surface area contributed by atoms with Gasteiger partial charge in [-0.25, -0.2) is 4.79 Å². The number of morpholine rings is 1. The van der Waals surface area contributed by atoms with Crippen LogP contribution in [0.4, 0.5) is 5.69 Å². The number of rotatable bonds is 3. The van der Waals surface area contributed by atoms with Gasteiger partial charge in [0.2, 0.25) is 0 Å². The average molecular weight is 338 g/mol. The number of nitrogens with zero attached hydrogens (tertiary/aromatic N) is 4. The molecule has 10 nitrogen and oxygen atoms in total. The van der Waals surface area contributed by atoms with Crippen molar-refractivity contribution in [3.63, 3.8) is 0 Å². The number of amides is 1. The molecule has 2 heterocycles. The Hall–Kier alpha value is -2.66. The molecule has 0 radical (unpaired) electrons. The predicted octanol–water partition coefficient (Wildman–Crippen LogP) is 0.525. The first-order chi connectivity index (χ1) is 11.0. The van der Waals surface area contributed by atoms with E-state index in [2.05, 4.69) is 8.75 Å². The summed E-state index contributed by atoms with van der Waals surface area (Å²) in [4.78, 5) is 35.5. The lowest BCUT2D eigenvalue weighted by Gasteiger charge is -2.32. The Morgan fingerprint density at radius 3 is 2.91 bits per heavy atom. The first kappa shape index (κ1) is 15.2. The third-order valence-electron chi connectivity index (χ3n) is 3.46. The van der Waals surface area contributed by atoms with Crippen molar-refractivity contribution in [2.75, 3.05) is 19.8 Å². The van der Waals surface area contributed by atoms with E-state index < -0.39 is 22.8 Å². The lowest BCUT2D eigenvalue weighted by molar-refractivity contribution is -0.383. The fraction of sp³-hybridized carbons (Fsp3) is 0.333. The molecule has 0 saturated carbocycles. The first-order valence-electron chi connectivity index (χ1n) is 6.51. The largest absolute Gasteiger partial charge is 0.480 e. The summed E-state index contributed by atoms with van der Waals surface area (Å²) in [5.41, 5.74) is 0.00535. The van der Waals surface area contributed by atoms with E-state index in [-0.39, 0.29) is 42.0 Å². The van der Waals surface area contributed by atoms with Crippen LogP contribution in [0.5, 0.6) is 0 Å². The number of fused-ring (bicyclic) bond motifs is 1.